The standard InChI is InChI=1S/C23H27N3O2S/c1-28-22(27)18-20-9-11-21(12-10-20)24-23(29)26-16-14-25(15-17-26)13-5-8-19-6-3-2-4-7-19/h2-12H,13-18H2,1H3,(H,24,29)/b8-5-. The molecule has 5 nitrogen and oxygen atoms in total. The number of methoxy groups -OCH3 is 1. The van der Waals surface area contributed by atoms with Crippen molar-refractivity contribution >= 4 is 35.1 Å². The zero-order chi connectivity index (χ0) is 20.5. The molecule has 6 heteroatoms. The van der Waals surface area contributed by atoms with Gasteiger partial charge in [0.2, 0.25) is 0 Å². The summed E-state index contributed by atoms with van der Waals surface area (Å²) < 4.78 is 4.69. The van der Waals surface area contributed by atoms with Crippen LogP contribution in [-0.4, -0.2) is 60.7 Å². The second-order valence-corrected chi connectivity index (χ2v) is 7.37. The lowest BCUT2D eigenvalue weighted by molar-refractivity contribution is -0.139. The number of carbonyl (C=O) groups is 1. The van der Waals surface area contributed by atoms with Crippen LogP contribution in [0.25, 0.3) is 6.08 Å². The van der Waals surface area contributed by atoms with Crippen molar-refractivity contribution in [1.82, 2.24) is 9.80 Å². The topological polar surface area (TPSA) is 44.8 Å². The van der Waals surface area contributed by atoms with Gasteiger partial charge in [-0.25, -0.2) is 0 Å². The fourth-order valence-corrected chi connectivity index (χ4v) is 3.48. The Bertz CT molecular complexity index is 829. The average Bonchev–Trinajstić information content (AvgIpc) is 2.76. The summed E-state index contributed by atoms with van der Waals surface area (Å²) in [5.41, 5.74) is 3.08. The van der Waals surface area contributed by atoms with Gasteiger partial charge in [0.1, 0.15) is 0 Å². The maximum Gasteiger partial charge on any atom is 0.309 e. The van der Waals surface area contributed by atoms with Crippen molar-refractivity contribution in [2.75, 3.05) is 45.2 Å². The van der Waals surface area contributed by atoms with Gasteiger partial charge in [-0.3, -0.25) is 9.69 Å². The Morgan fingerprint density at radius 3 is 2.41 bits per heavy atom. The van der Waals surface area contributed by atoms with Crippen LogP contribution in [0.15, 0.2) is 60.7 Å². The third-order valence-corrected chi connectivity index (χ3v) is 5.27. The number of ether oxygens (including phenoxy) is 1. The molecule has 1 heterocycles. The second kappa shape index (κ2) is 10.7. The minimum Gasteiger partial charge on any atom is -0.469 e. The normalized spacial score (nSPS) is 14.7. The van der Waals surface area contributed by atoms with Gasteiger partial charge in [-0.05, 0) is 35.5 Å². The first kappa shape index (κ1) is 21.0. The molecule has 0 radical (unpaired) electrons. The van der Waals surface area contributed by atoms with Crippen molar-refractivity contribution in [3.8, 4) is 0 Å². The number of nitrogens with zero attached hydrogens (tertiary/aromatic N) is 2. The van der Waals surface area contributed by atoms with Crippen molar-refractivity contribution in [2.24, 2.45) is 0 Å². The molecular weight excluding hydrogens is 382 g/mol. The number of nitrogens with one attached hydrogen (secondary N) is 1. The van der Waals surface area contributed by atoms with Crippen molar-refractivity contribution in [2.45, 2.75) is 6.42 Å². The van der Waals surface area contributed by atoms with Gasteiger partial charge in [0, 0.05) is 38.4 Å². The summed E-state index contributed by atoms with van der Waals surface area (Å²) in [6, 6.07) is 18.1. The van der Waals surface area contributed by atoms with E-state index in [0.29, 0.717) is 0 Å². The van der Waals surface area contributed by atoms with Crippen molar-refractivity contribution < 1.29 is 9.53 Å². The van der Waals surface area contributed by atoms with Gasteiger partial charge in [0.25, 0.3) is 0 Å². The maximum absolute atomic E-state index is 11.3. The molecule has 0 aromatic heterocycles. The monoisotopic (exact) mass is 409 g/mol. The SMILES string of the molecule is COC(=O)Cc1ccc(NC(=S)N2CCN(C/C=C\c3ccccc3)CC2)cc1. The van der Waals surface area contributed by atoms with Gasteiger partial charge in [0.15, 0.2) is 5.11 Å². The summed E-state index contributed by atoms with van der Waals surface area (Å²) in [5.74, 6) is -0.238. The highest BCUT2D eigenvalue weighted by molar-refractivity contribution is 7.80. The Morgan fingerprint density at radius 1 is 1.07 bits per heavy atom. The predicted molar refractivity (Wildman–Crippen MR) is 122 cm³/mol. The van der Waals surface area contributed by atoms with E-state index in [2.05, 4.69) is 51.5 Å². The highest BCUT2D eigenvalue weighted by atomic mass is 32.1. The number of anilines is 1. The van der Waals surface area contributed by atoms with E-state index in [-0.39, 0.29) is 12.4 Å². The minimum atomic E-state index is -0.238. The number of thiocarbonyl (C=S) groups is 1. The molecule has 0 saturated carbocycles. The Hall–Kier alpha value is -2.70. The second-order valence-electron chi connectivity index (χ2n) is 6.98. The van der Waals surface area contributed by atoms with Gasteiger partial charge in [0.05, 0.1) is 13.5 Å². The van der Waals surface area contributed by atoms with E-state index in [0.717, 1.165) is 49.1 Å². The number of benzene rings is 2. The minimum absolute atomic E-state index is 0.238. The van der Waals surface area contributed by atoms with E-state index in [1.807, 2.05) is 30.3 Å². The number of hydrogen-bond donors (Lipinski definition) is 1. The molecule has 1 aliphatic heterocycles. The molecule has 0 amide bonds. The van der Waals surface area contributed by atoms with Crippen LogP contribution >= 0.6 is 12.2 Å². The number of esters is 1. The molecule has 2 aromatic rings. The molecule has 1 N–H and O–H groups in total. The smallest absolute Gasteiger partial charge is 0.309 e. The molecule has 0 aliphatic carbocycles. The highest BCUT2D eigenvalue weighted by Crippen LogP contribution is 2.13. The summed E-state index contributed by atoms with van der Waals surface area (Å²) in [6.45, 7) is 4.74. The lowest BCUT2D eigenvalue weighted by atomic mass is 10.1. The zero-order valence-electron chi connectivity index (χ0n) is 16.7. The van der Waals surface area contributed by atoms with Gasteiger partial charge < -0.3 is 15.0 Å². The van der Waals surface area contributed by atoms with Crippen LogP contribution in [0.1, 0.15) is 11.1 Å². The van der Waals surface area contributed by atoms with E-state index >= 15 is 0 Å². The summed E-state index contributed by atoms with van der Waals surface area (Å²) in [7, 11) is 1.40. The van der Waals surface area contributed by atoms with Gasteiger partial charge in [-0.1, -0.05) is 54.6 Å². The first-order valence-corrected chi connectivity index (χ1v) is 10.2. The highest BCUT2D eigenvalue weighted by Gasteiger charge is 2.18. The number of hydrogen-bond acceptors (Lipinski definition) is 4. The number of rotatable bonds is 6. The Kier molecular flexibility index (Phi) is 7.78. The van der Waals surface area contributed by atoms with Gasteiger partial charge in [-0.15, -0.1) is 0 Å². The zero-order valence-corrected chi connectivity index (χ0v) is 17.5. The van der Waals surface area contributed by atoms with E-state index in [1.54, 1.807) is 0 Å². The van der Waals surface area contributed by atoms with E-state index in [9.17, 15) is 4.79 Å². The van der Waals surface area contributed by atoms with Gasteiger partial charge in [-0.2, -0.15) is 0 Å². The van der Waals surface area contributed by atoms with Crippen LogP contribution in [0.2, 0.25) is 0 Å². The molecule has 0 unspecified atom stereocenters. The van der Waals surface area contributed by atoms with E-state index < -0.39 is 0 Å². The molecular formula is C23H27N3O2S. The molecule has 2 aromatic carbocycles. The molecule has 29 heavy (non-hydrogen) atoms. The quantitative estimate of drug-likeness (QED) is 0.583. The van der Waals surface area contributed by atoms with Crippen molar-refractivity contribution in [3.05, 3.63) is 71.8 Å². The van der Waals surface area contributed by atoms with Crippen LogP contribution in [0.5, 0.6) is 0 Å². The fraction of sp³-hybridized carbons (Fsp3) is 0.304. The van der Waals surface area contributed by atoms with Crippen LogP contribution in [-0.2, 0) is 16.0 Å². The van der Waals surface area contributed by atoms with Crippen LogP contribution in [0, 0.1) is 0 Å². The lowest BCUT2D eigenvalue weighted by Gasteiger charge is -2.35. The summed E-state index contributed by atoms with van der Waals surface area (Å²) in [5, 5.41) is 4.04. The van der Waals surface area contributed by atoms with Crippen LogP contribution in [0.4, 0.5) is 5.69 Å². The molecule has 0 bridgehead atoms. The van der Waals surface area contributed by atoms with E-state index in [4.69, 9.17) is 17.0 Å². The number of carbonyl (C=O) groups excluding carboxylic acids is 1. The largest absolute Gasteiger partial charge is 0.469 e. The summed E-state index contributed by atoms with van der Waals surface area (Å²) in [4.78, 5) is 16.0. The third-order valence-electron chi connectivity index (χ3n) is 4.91. The molecule has 1 aliphatic rings. The molecule has 152 valence electrons. The Labute approximate surface area is 178 Å². The first-order valence-electron chi connectivity index (χ1n) is 9.79. The Balaban J connectivity index is 1.41. The maximum atomic E-state index is 11.3. The Morgan fingerprint density at radius 2 is 1.76 bits per heavy atom. The third kappa shape index (κ3) is 6.69. The van der Waals surface area contributed by atoms with Crippen LogP contribution in [0.3, 0.4) is 0 Å². The summed E-state index contributed by atoms with van der Waals surface area (Å²) in [6.07, 6.45) is 4.67. The van der Waals surface area contributed by atoms with Crippen molar-refractivity contribution in [1.29, 1.82) is 0 Å². The molecule has 0 spiro atoms. The first-order chi connectivity index (χ1) is 14.1. The molecule has 3 rings (SSSR count). The fourth-order valence-electron chi connectivity index (χ4n) is 3.18. The molecule has 1 fully saturated rings. The average molecular weight is 410 g/mol. The van der Waals surface area contributed by atoms with Crippen LogP contribution < -0.4 is 5.32 Å². The number of piperazine rings is 1. The van der Waals surface area contributed by atoms with Gasteiger partial charge >= 0.3 is 5.97 Å². The molecule has 0 atom stereocenters. The lowest BCUT2D eigenvalue weighted by Crippen LogP contribution is -2.49. The van der Waals surface area contributed by atoms with E-state index in [1.165, 1.54) is 12.7 Å². The summed E-state index contributed by atoms with van der Waals surface area (Å²) >= 11 is 5.58. The van der Waals surface area contributed by atoms with Crippen molar-refractivity contribution in [3.63, 3.8) is 0 Å². The molecule has 1 saturated heterocycles. The predicted octanol–water partition coefficient (Wildman–Crippen LogP) is 3.43.